The van der Waals surface area contributed by atoms with E-state index in [0.29, 0.717) is 5.82 Å². The zero-order valence-electron chi connectivity index (χ0n) is 11.7. The Hall–Kier alpha value is -1.29. The van der Waals surface area contributed by atoms with Crippen LogP contribution in [0.25, 0.3) is 0 Å². The number of aromatic nitrogens is 1. The first-order valence-electron chi connectivity index (χ1n) is 6.63. The second-order valence-electron chi connectivity index (χ2n) is 4.80. The van der Waals surface area contributed by atoms with Crippen molar-refractivity contribution in [2.24, 2.45) is 0 Å². The molecule has 0 aliphatic heterocycles. The van der Waals surface area contributed by atoms with Crippen molar-refractivity contribution in [2.45, 2.75) is 46.1 Å². The quantitative estimate of drug-likeness (QED) is 0.773. The molecule has 5 heteroatoms. The summed E-state index contributed by atoms with van der Waals surface area (Å²) in [5.41, 5.74) is -0.0830. The van der Waals surface area contributed by atoms with E-state index in [1.165, 1.54) is 0 Å². The molecule has 106 valence electrons. The summed E-state index contributed by atoms with van der Waals surface area (Å²) in [5.74, 6) is -0.419. The first kappa shape index (κ1) is 15.8. The molecule has 0 aliphatic carbocycles. The van der Waals surface area contributed by atoms with E-state index in [-0.39, 0.29) is 16.8 Å². The van der Waals surface area contributed by atoms with Gasteiger partial charge in [-0.05, 0) is 32.4 Å². The normalized spacial score (nSPS) is 10.8. The lowest BCUT2D eigenvalue weighted by Crippen LogP contribution is -2.32. The van der Waals surface area contributed by atoms with Gasteiger partial charge in [-0.1, -0.05) is 31.4 Å². The number of hydrogen-bond donors (Lipinski definition) is 1. The summed E-state index contributed by atoms with van der Waals surface area (Å²) in [6.45, 7) is 7.17. The predicted octanol–water partition coefficient (Wildman–Crippen LogP) is 3.84. The average molecular weight is 285 g/mol. The molecule has 19 heavy (non-hydrogen) atoms. The highest BCUT2D eigenvalue weighted by Crippen LogP contribution is 2.21. The van der Waals surface area contributed by atoms with Gasteiger partial charge in [-0.2, -0.15) is 0 Å². The van der Waals surface area contributed by atoms with E-state index in [0.717, 1.165) is 25.8 Å². The fraction of sp³-hybridized carbons (Fsp3) is 0.571. The van der Waals surface area contributed by atoms with Crippen LogP contribution in [0.3, 0.4) is 0 Å². The molecule has 0 saturated heterocycles. The molecule has 1 aromatic rings. The molecule has 0 amide bonds. The van der Waals surface area contributed by atoms with E-state index in [1.807, 2.05) is 0 Å². The molecule has 1 heterocycles. The largest absolute Gasteiger partial charge is 0.476 e. The maximum Gasteiger partial charge on any atom is 0.356 e. The number of anilines is 1. The van der Waals surface area contributed by atoms with Crippen molar-refractivity contribution in [3.8, 4) is 0 Å². The van der Waals surface area contributed by atoms with Gasteiger partial charge in [0.15, 0.2) is 5.69 Å². The van der Waals surface area contributed by atoms with Gasteiger partial charge in [0.05, 0.1) is 5.02 Å². The molecule has 4 nitrogen and oxygen atoms in total. The van der Waals surface area contributed by atoms with Crippen LogP contribution < -0.4 is 4.90 Å². The number of aromatic carboxylic acids is 1. The molecule has 1 rings (SSSR count). The molecular weight excluding hydrogens is 264 g/mol. The molecule has 0 spiro atoms. The first-order valence-corrected chi connectivity index (χ1v) is 7.01. The van der Waals surface area contributed by atoms with Crippen molar-refractivity contribution in [2.75, 3.05) is 11.4 Å². The first-order chi connectivity index (χ1) is 8.97. The molecule has 0 radical (unpaired) electrons. The van der Waals surface area contributed by atoms with Crippen LogP contribution in [0.2, 0.25) is 5.02 Å². The summed E-state index contributed by atoms with van der Waals surface area (Å²) in [6.07, 6.45) is 3.38. The highest BCUT2D eigenvalue weighted by molar-refractivity contribution is 6.33. The molecule has 0 atom stereocenters. The van der Waals surface area contributed by atoms with E-state index < -0.39 is 5.97 Å². The van der Waals surface area contributed by atoms with Gasteiger partial charge in [-0.25, -0.2) is 9.78 Å². The van der Waals surface area contributed by atoms with Crippen LogP contribution >= 0.6 is 11.6 Å². The number of pyridine rings is 1. The lowest BCUT2D eigenvalue weighted by molar-refractivity contribution is 0.0691. The molecule has 0 fully saturated rings. The molecule has 0 aliphatic rings. The maximum absolute atomic E-state index is 11.1. The van der Waals surface area contributed by atoms with Crippen LogP contribution in [0.4, 0.5) is 5.82 Å². The number of carboxylic acid groups (broad SMARTS) is 1. The third-order valence-corrected chi connectivity index (χ3v) is 3.26. The van der Waals surface area contributed by atoms with Gasteiger partial charge >= 0.3 is 5.97 Å². The smallest absolute Gasteiger partial charge is 0.356 e. The lowest BCUT2D eigenvalue weighted by atomic mass is 10.2. The van der Waals surface area contributed by atoms with Gasteiger partial charge in [0.1, 0.15) is 5.82 Å². The summed E-state index contributed by atoms with van der Waals surface area (Å²) < 4.78 is 0. The van der Waals surface area contributed by atoms with Gasteiger partial charge in [0.25, 0.3) is 0 Å². The monoisotopic (exact) mass is 284 g/mol. The molecule has 0 bridgehead atoms. The van der Waals surface area contributed by atoms with Crippen molar-refractivity contribution in [1.29, 1.82) is 0 Å². The van der Waals surface area contributed by atoms with E-state index >= 15 is 0 Å². The topological polar surface area (TPSA) is 53.4 Å². The zero-order valence-corrected chi connectivity index (χ0v) is 12.4. The molecule has 1 aromatic heterocycles. The number of rotatable bonds is 7. The Kier molecular flexibility index (Phi) is 6.09. The van der Waals surface area contributed by atoms with E-state index in [9.17, 15) is 4.79 Å². The summed E-state index contributed by atoms with van der Waals surface area (Å²) in [6, 6.07) is 3.65. The maximum atomic E-state index is 11.1. The van der Waals surface area contributed by atoms with Crippen molar-refractivity contribution < 1.29 is 9.90 Å². The Labute approximate surface area is 119 Å². The Bertz CT molecular complexity index is 435. The van der Waals surface area contributed by atoms with Crippen molar-refractivity contribution in [3.05, 3.63) is 22.8 Å². The number of nitrogens with zero attached hydrogens (tertiary/aromatic N) is 2. The van der Waals surface area contributed by atoms with Gasteiger partial charge < -0.3 is 10.0 Å². The summed E-state index contributed by atoms with van der Waals surface area (Å²) in [5, 5.41) is 9.23. The standard InChI is InChI=1S/C14H21ClN2O2/c1-4-5-6-9-17(10(2)3)12-8-7-11(15)13(16-12)14(18)19/h7-8,10H,4-6,9H2,1-3H3,(H,18,19). The zero-order chi connectivity index (χ0) is 14.4. The van der Waals surface area contributed by atoms with Crippen LogP contribution in [0.5, 0.6) is 0 Å². The molecule has 0 unspecified atom stereocenters. The predicted molar refractivity (Wildman–Crippen MR) is 78.2 cm³/mol. The van der Waals surface area contributed by atoms with Gasteiger partial charge in [0.2, 0.25) is 0 Å². The Balaban J connectivity index is 2.96. The third-order valence-electron chi connectivity index (χ3n) is 2.95. The summed E-state index contributed by atoms with van der Waals surface area (Å²) in [4.78, 5) is 17.3. The number of carboxylic acids is 1. The number of halogens is 1. The van der Waals surface area contributed by atoms with E-state index in [4.69, 9.17) is 16.7 Å². The minimum Gasteiger partial charge on any atom is -0.476 e. The summed E-state index contributed by atoms with van der Waals surface area (Å²) >= 11 is 5.84. The number of unbranched alkanes of at least 4 members (excludes halogenated alkanes) is 2. The average Bonchev–Trinajstić information content (AvgIpc) is 2.35. The van der Waals surface area contributed by atoms with Crippen molar-refractivity contribution >= 4 is 23.4 Å². The third kappa shape index (κ3) is 4.39. The SMILES string of the molecule is CCCCCN(c1ccc(Cl)c(C(=O)O)n1)C(C)C. The highest BCUT2D eigenvalue weighted by Gasteiger charge is 2.16. The van der Waals surface area contributed by atoms with Gasteiger partial charge in [0, 0.05) is 12.6 Å². The molecule has 0 aromatic carbocycles. The van der Waals surface area contributed by atoms with Crippen molar-refractivity contribution in [1.82, 2.24) is 4.98 Å². The van der Waals surface area contributed by atoms with Crippen LogP contribution in [0.15, 0.2) is 12.1 Å². The number of carbonyl (C=O) groups is 1. The lowest BCUT2D eigenvalue weighted by Gasteiger charge is -2.28. The minimum atomic E-state index is -1.09. The Morgan fingerprint density at radius 1 is 1.42 bits per heavy atom. The van der Waals surface area contributed by atoms with Gasteiger partial charge in [-0.15, -0.1) is 0 Å². The van der Waals surface area contributed by atoms with Crippen LogP contribution in [0.1, 0.15) is 50.5 Å². The van der Waals surface area contributed by atoms with Crippen LogP contribution in [-0.2, 0) is 0 Å². The number of hydrogen-bond acceptors (Lipinski definition) is 3. The fourth-order valence-electron chi connectivity index (χ4n) is 1.91. The van der Waals surface area contributed by atoms with Crippen molar-refractivity contribution in [3.63, 3.8) is 0 Å². The fourth-order valence-corrected chi connectivity index (χ4v) is 2.10. The van der Waals surface area contributed by atoms with Crippen LogP contribution in [0, 0.1) is 0 Å². The summed E-state index contributed by atoms with van der Waals surface area (Å²) in [7, 11) is 0. The second kappa shape index (κ2) is 7.34. The Morgan fingerprint density at radius 2 is 2.11 bits per heavy atom. The molecule has 1 N–H and O–H groups in total. The minimum absolute atomic E-state index is 0.0830. The molecule has 0 saturated carbocycles. The second-order valence-corrected chi connectivity index (χ2v) is 5.21. The molecular formula is C14H21ClN2O2. The van der Waals surface area contributed by atoms with E-state index in [2.05, 4.69) is 30.7 Å². The highest BCUT2D eigenvalue weighted by atomic mass is 35.5. The van der Waals surface area contributed by atoms with Crippen LogP contribution in [-0.4, -0.2) is 28.6 Å². The van der Waals surface area contributed by atoms with Gasteiger partial charge in [-0.3, -0.25) is 0 Å². The van der Waals surface area contributed by atoms with E-state index in [1.54, 1.807) is 12.1 Å². The Morgan fingerprint density at radius 3 is 2.63 bits per heavy atom.